The summed E-state index contributed by atoms with van der Waals surface area (Å²) in [7, 11) is -3.58. The second-order valence-corrected chi connectivity index (χ2v) is 10.1. The van der Waals surface area contributed by atoms with Gasteiger partial charge in [-0.25, -0.2) is 8.42 Å². The van der Waals surface area contributed by atoms with Gasteiger partial charge in [0, 0.05) is 18.9 Å². The van der Waals surface area contributed by atoms with E-state index >= 15 is 0 Å². The lowest BCUT2D eigenvalue weighted by atomic mass is 10.2. The van der Waals surface area contributed by atoms with Gasteiger partial charge in [-0.1, -0.05) is 29.8 Å². The number of hydrogen-bond acceptors (Lipinski definition) is 5. The Kier molecular flexibility index (Phi) is 5.40. The molecule has 0 aliphatic heterocycles. The Morgan fingerprint density at radius 1 is 1.03 bits per heavy atom. The maximum absolute atomic E-state index is 12.9. The molecule has 0 saturated heterocycles. The molecule has 0 unspecified atom stereocenters. The highest BCUT2D eigenvalue weighted by Gasteiger charge is 2.19. The first-order valence-corrected chi connectivity index (χ1v) is 11.7. The van der Waals surface area contributed by atoms with Crippen molar-refractivity contribution in [1.82, 2.24) is 10.3 Å². The van der Waals surface area contributed by atoms with Crippen molar-refractivity contribution in [3.8, 4) is 0 Å². The molecular formula is C23H20N2O3S2. The van der Waals surface area contributed by atoms with E-state index in [4.69, 9.17) is 0 Å². The van der Waals surface area contributed by atoms with Gasteiger partial charge in [-0.15, -0.1) is 11.3 Å². The Balaban J connectivity index is 1.47. The zero-order valence-electron chi connectivity index (χ0n) is 16.5. The van der Waals surface area contributed by atoms with Crippen LogP contribution in [-0.4, -0.2) is 19.3 Å². The summed E-state index contributed by atoms with van der Waals surface area (Å²) in [5, 5.41) is 3.87. The second-order valence-electron chi connectivity index (χ2n) is 7.12. The molecule has 0 fully saturated rings. The van der Waals surface area contributed by atoms with E-state index < -0.39 is 9.84 Å². The Morgan fingerprint density at radius 3 is 2.50 bits per heavy atom. The van der Waals surface area contributed by atoms with E-state index in [2.05, 4.69) is 10.3 Å². The number of carbonyl (C=O) groups is 1. The van der Waals surface area contributed by atoms with Crippen LogP contribution in [0, 0.1) is 13.8 Å². The van der Waals surface area contributed by atoms with Crippen molar-refractivity contribution >= 4 is 37.2 Å². The molecule has 30 heavy (non-hydrogen) atoms. The Morgan fingerprint density at radius 2 is 1.80 bits per heavy atom. The number of aromatic nitrogens is 1. The zero-order chi connectivity index (χ0) is 21.3. The number of hydrogen-bond donors (Lipinski definition) is 1. The molecule has 152 valence electrons. The Hall–Kier alpha value is -3.03. The Labute approximate surface area is 179 Å². The first-order chi connectivity index (χ1) is 14.3. The summed E-state index contributed by atoms with van der Waals surface area (Å²) >= 11 is 1.39. The number of rotatable bonds is 5. The number of nitrogens with one attached hydrogen (secondary N) is 1. The second kappa shape index (κ2) is 8.01. The molecule has 7 heteroatoms. The molecule has 0 aliphatic rings. The molecule has 2 heterocycles. The fourth-order valence-electron chi connectivity index (χ4n) is 3.28. The smallest absolute Gasteiger partial charge is 0.261 e. The first-order valence-electron chi connectivity index (χ1n) is 9.37. The van der Waals surface area contributed by atoms with Gasteiger partial charge in [-0.05, 0) is 60.7 Å². The lowest BCUT2D eigenvalue weighted by Crippen LogP contribution is -2.21. The van der Waals surface area contributed by atoms with E-state index in [1.54, 1.807) is 55.7 Å². The van der Waals surface area contributed by atoms with Crippen LogP contribution in [0.1, 0.15) is 26.4 Å². The van der Waals surface area contributed by atoms with Crippen LogP contribution < -0.4 is 5.32 Å². The number of carbonyl (C=O) groups excluding carboxylic acids is 1. The predicted octanol–water partition coefficient (Wildman–Crippen LogP) is 4.68. The highest BCUT2D eigenvalue weighted by Crippen LogP contribution is 2.26. The number of nitrogens with zero attached hydrogens (tertiary/aromatic N) is 1. The highest BCUT2D eigenvalue weighted by molar-refractivity contribution is 7.91. The normalized spacial score (nSPS) is 11.5. The van der Waals surface area contributed by atoms with Gasteiger partial charge in [0.1, 0.15) is 0 Å². The molecular weight excluding hydrogens is 416 g/mol. The van der Waals surface area contributed by atoms with Crippen LogP contribution >= 0.6 is 11.3 Å². The lowest BCUT2D eigenvalue weighted by molar-refractivity contribution is 0.0955. The van der Waals surface area contributed by atoms with Crippen LogP contribution in [0.15, 0.2) is 76.8 Å². The molecule has 0 spiro atoms. The Bertz CT molecular complexity index is 1310. The maximum Gasteiger partial charge on any atom is 0.261 e. The van der Waals surface area contributed by atoms with E-state index in [-0.39, 0.29) is 10.8 Å². The summed E-state index contributed by atoms with van der Waals surface area (Å²) in [6, 6.07) is 15.6. The molecule has 2 aromatic heterocycles. The molecule has 0 atom stereocenters. The fourth-order valence-corrected chi connectivity index (χ4v) is 5.70. The van der Waals surface area contributed by atoms with Gasteiger partial charge >= 0.3 is 0 Å². The van der Waals surface area contributed by atoms with Crippen LogP contribution in [0.2, 0.25) is 0 Å². The van der Waals surface area contributed by atoms with E-state index in [1.165, 1.54) is 11.3 Å². The van der Waals surface area contributed by atoms with Crippen molar-refractivity contribution in [2.24, 2.45) is 0 Å². The highest BCUT2D eigenvalue weighted by atomic mass is 32.2. The summed E-state index contributed by atoms with van der Waals surface area (Å²) in [5.41, 5.74) is 2.57. The van der Waals surface area contributed by atoms with Gasteiger partial charge in [0.05, 0.1) is 19.4 Å². The van der Waals surface area contributed by atoms with Crippen LogP contribution in [0.25, 0.3) is 10.1 Å². The first kappa shape index (κ1) is 20.3. The minimum absolute atomic E-state index is 0.164. The van der Waals surface area contributed by atoms with Crippen LogP contribution in [0.5, 0.6) is 0 Å². The molecule has 1 N–H and O–H groups in total. The van der Waals surface area contributed by atoms with E-state index in [1.807, 2.05) is 25.1 Å². The van der Waals surface area contributed by atoms with E-state index in [0.717, 1.165) is 26.8 Å². The minimum Gasteiger partial charge on any atom is -0.347 e. The fraction of sp³-hybridized carbons (Fsp3) is 0.130. The zero-order valence-corrected chi connectivity index (χ0v) is 18.2. The van der Waals surface area contributed by atoms with E-state index in [9.17, 15) is 13.2 Å². The summed E-state index contributed by atoms with van der Waals surface area (Å²) in [4.78, 5) is 17.7. The maximum atomic E-state index is 12.9. The number of fused-ring (bicyclic) bond motifs is 1. The van der Waals surface area contributed by atoms with Gasteiger partial charge in [-0.2, -0.15) is 0 Å². The van der Waals surface area contributed by atoms with Crippen molar-refractivity contribution in [2.45, 2.75) is 30.2 Å². The molecule has 0 aliphatic carbocycles. The molecule has 4 rings (SSSR count). The molecule has 5 nitrogen and oxygen atoms in total. The molecule has 2 aromatic carbocycles. The molecule has 0 bridgehead atoms. The van der Waals surface area contributed by atoms with E-state index in [0.29, 0.717) is 16.3 Å². The number of thiophene rings is 1. The van der Waals surface area contributed by atoms with Crippen molar-refractivity contribution in [3.63, 3.8) is 0 Å². The molecule has 4 aromatic rings. The summed E-state index contributed by atoms with van der Waals surface area (Å²) < 4.78 is 26.8. The van der Waals surface area contributed by atoms with Crippen LogP contribution in [0.3, 0.4) is 0 Å². The summed E-state index contributed by atoms with van der Waals surface area (Å²) in [5.74, 6) is -0.164. The molecule has 1 amide bonds. The third-order valence-corrected chi connectivity index (χ3v) is 7.87. The average molecular weight is 437 g/mol. The predicted molar refractivity (Wildman–Crippen MR) is 119 cm³/mol. The molecule has 0 saturated carbocycles. The van der Waals surface area contributed by atoms with Crippen molar-refractivity contribution in [3.05, 3.63) is 88.6 Å². The van der Waals surface area contributed by atoms with Crippen molar-refractivity contribution in [2.75, 3.05) is 0 Å². The number of amides is 1. The SMILES string of the molecule is Cc1ccc(S(=O)(=O)c2ccc(CNC(=O)c3cc4ccncc4s3)cc2)c(C)c1. The van der Waals surface area contributed by atoms with Gasteiger partial charge in [0.15, 0.2) is 0 Å². The monoisotopic (exact) mass is 436 g/mol. The summed E-state index contributed by atoms with van der Waals surface area (Å²) in [6.07, 6.45) is 3.44. The van der Waals surface area contributed by atoms with Gasteiger partial charge in [0.2, 0.25) is 9.84 Å². The average Bonchev–Trinajstić information content (AvgIpc) is 3.16. The quantitative estimate of drug-likeness (QED) is 0.493. The van der Waals surface area contributed by atoms with Crippen molar-refractivity contribution in [1.29, 1.82) is 0 Å². The van der Waals surface area contributed by atoms with Crippen LogP contribution in [0.4, 0.5) is 0 Å². The topological polar surface area (TPSA) is 76.1 Å². The third-order valence-electron chi connectivity index (χ3n) is 4.85. The number of sulfone groups is 1. The van der Waals surface area contributed by atoms with Gasteiger partial charge in [0.25, 0.3) is 5.91 Å². The standard InChI is InChI=1S/C23H20N2O3S2/c1-15-3-8-22(16(2)11-15)30(27,28)19-6-4-17(5-7-19)13-25-23(26)20-12-18-9-10-24-14-21(18)29-20/h3-12,14H,13H2,1-2H3,(H,25,26). The number of pyridine rings is 1. The van der Waals surface area contributed by atoms with Gasteiger partial charge < -0.3 is 5.32 Å². The summed E-state index contributed by atoms with van der Waals surface area (Å²) in [6.45, 7) is 4.05. The lowest BCUT2D eigenvalue weighted by Gasteiger charge is -2.10. The third kappa shape index (κ3) is 3.99. The van der Waals surface area contributed by atoms with Gasteiger partial charge in [-0.3, -0.25) is 9.78 Å². The van der Waals surface area contributed by atoms with Crippen molar-refractivity contribution < 1.29 is 13.2 Å². The largest absolute Gasteiger partial charge is 0.347 e. The minimum atomic E-state index is -3.58. The number of benzene rings is 2. The number of aryl methyl sites for hydroxylation is 2. The molecule has 0 radical (unpaired) electrons. The van der Waals surface area contributed by atoms with Crippen LogP contribution in [-0.2, 0) is 16.4 Å².